The number of aryl methyl sites for hydroxylation is 1. The van der Waals surface area contributed by atoms with Crippen LogP contribution in [0.2, 0.25) is 0 Å². The Balaban J connectivity index is 1.83. The Morgan fingerprint density at radius 2 is 2.33 bits per heavy atom. The van der Waals surface area contributed by atoms with E-state index in [0.717, 1.165) is 11.4 Å². The Morgan fingerprint density at radius 1 is 1.52 bits per heavy atom. The molecule has 1 unspecified atom stereocenters. The summed E-state index contributed by atoms with van der Waals surface area (Å²) in [5.41, 5.74) is 1.69. The molecular formula is C14H19N3O4. The first-order chi connectivity index (χ1) is 10.0. The van der Waals surface area contributed by atoms with Crippen molar-refractivity contribution in [2.45, 2.75) is 26.0 Å². The van der Waals surface area contributed by atoms with E-state index in [-0.39, 0.29) is 12.5 Å². The first-order valence-electron chi connectivity index (χ1n) is 6.83. The second-order valence-corrected chi connectivity index (χ2v) is 4.97. The molecule has 1 atom stereocenters. The van der Waals surface area contributed by atoms with E-state index < -0.39 is 12.1 Å². The summed E-state index contributed by atoms with van der Waals surface area (Å²) in [6, 6.07) is 5.41. The summed E-state index contributed by atoms with van der Waals surface area (Å²) in [4.78, 5) is 28.6. The van der Waals surface area contributed by atoms with Gasteiger partial charge in [0.25, 0.3) is 0 Å². The molecule has 2 N–H and O–H groups in total. The predicted octanol–water partition coefficient (Wildman–Crippen LogP) is 0.775. The second kappa shape index (κ2) is 7.03. The van der Waals surface area contributed by atoms with Gasteiger partial charge in [0.1, 0.15) is 0 Å². The lowest BCUT2D eigenvalue weighted by Gasteiger charge is -2.32. The zero-order valence-electron chi connectivity index (χ0n) is 11.9. The van der Waals surface area contributed by atoms with Gasteiger partial charge in [0.2, 0.25) is 0 Å². The normalized spacial score (nSPS) is 18.3. The van der Waals surface area contributed by atoms with Crippen LogP contribution >= 0.6 is 0 Å². The topological polar surface area (TPSA) is 91.8 Å². The van der Waals surface area contributed by atoms with Crippen LogP contribution in [0.4, 0.5) is 4.79 Å². The first-order valence-corrected chi connectivity index (χ1v) is 6.83. The minimum absolute atomic E-state index is 0.0940. The summed E-state index contributed by atoms with van der Waals surface area (Å²) in [5.74, 6) is -0.925. The lowest BCUT2D eigenvalue weighted by atomic mass is 10.2. The molecule has 114 valence electrons. The molecule has 7 heteroatoms. The largest absolute Gasteiger partial charge is 0.481 e. The second-order valence-electron chi connectivity index (χ2n) is 4.97. The number of carboxylic acid groups (broad SMARTS) is 1. The molecule has 0 spiro atoms. The fourth-order valence-corrected chi connectivity index (χ4v) is 2.20. The number of amides is 2. The summed E-state index contributed by atoms with van der Waals surface area (Å²) in [7, 11) is 0. The van der Waals surface area contributed by atoms with Gasteiger partial charge < -0.3 is 20.1 Å². The smallest absolute Gasteiger partial charge is 0.317 e. The maximum absolute atomic E-state index is 12.1. The van der Waals surface area contributed by atoms with Crippen molar-refractivity contribution in [3.8, 4) is 0 Å². The van der Waals surface area contributed by atoms with E-state index in [1.54, 1.807) is 4.90 Å². The highest BCUT2D eigenvalue weighted by Crippen LogP contribution is 2.09. The fraction of sp³-hybridized carbons (Fsp3) is 0.500. The molecule has 0 saturated carbocycles. The Hall–Kier alpha value is -2.15. The molecule has 7 nitrogen and oxygen atoms in total. The molecule has 2 heterocycles. The minimum Gasteiger partial charge on any atom is -0.481 e. The Labute approximate surface area is 122 Å². The van der Waals surface area contributed by atoms with Gasteiger partial charge in [-0.1, -0.05) is 6.07 Å². The van der Waals surface area contributed by atoms with E-state index in [9.17, 15) is 9.59 Å². The van der Waals surface area contributed by atoms with E-state index >= 15 is 0 Å². The lowest BCUT2D eigenvalue weighted by molar-refractivity contribution is -0.141. The van der Waals surface area contributed by atoms with Crippen LogP contribution in [-0.2, 0) is 16.1 Å². The van der Waals surface area contributed by atoms with Crippen LogP contribution in [0.3, 0.4) is 0 Å². The summed E-state index contributed by atoms with van der Waals surface area (Å²) in [5, 5.41) is 11.6. The summed E-state index contributed by atoms with van der Waals surface area (Å²) in [6.45, 7) is 3.35. The third-order valence-electron chi connectivity index (χ3n) is 3.20. The molecule has 1 saturated heterocycles. The number of rotatable bonds is 4. The third kappa shape index (κ3) is 4.71. The van der Waals surface area contributed by atoms with Crippen molar-refractivity contribution < 1.29 is 19.4 Å². The van der Waals surface area contributed by atoms with Crippen molar-refractivity contribution in [3.05, 3.63) is 29.6 Å². The van der Waals surface area contributed by atoms with Gasteiger partial charge in [0, 0.05) is 18.8 Å². The minimum atomic E-state index is -0.925. The molecule has 1 aliphatic heterocycles. The predicted molar refractivity (Wildman–Crippen MR) is 74.8 cm³/mol. The van der Waals surface area contributed by atoms with Crippen molar-refractivity contribution in [2.75, 3.05) is 19.7 Å². The average Bonchev–Trinajstić information content (AvgIpc) is 2.44. The molecule has 0 aliphatic carbocycles. The zero-order chi connectivity index (χ0) is 15.2. The molecule has 0 radical (unpaired) electrons. The highest BCUT2D eigenvalue weighted by atomic mass is 16.5. The van der Waals surface area contributed by atoms with Gasteiger partial charge in [-0.2, -0.15) is 0 Å². The van der Waals surface area contributed by atoms with Crippen LogP contribution in [-0.4, -0.2) is 52.8 Å². The van der Waals surface area contributed by atoms with Crippen molar-refractivity contribution in [2.24, 2.45) is 0 Å². The molecule has 21 heavy (non-hydrogen) atoms. The van der Waals surface area contributed by atoms with Gasteiger partial charge in [-0.25, -0.2) is 4.79 Å². The highest BCUT2D eigenvalue weighted by Gasteiger charge is 2.25. The molecule has 1 aromatic rings. The number of urea groups is 1. The molecule has 1 aliphatic rings. The molecular weight excluding hydrogens is 274 g/mol. The number of hydrogen-bond acceptors (Lipinski definition) is 4. The molecule has 1 aromatic heterocycles. The van der Waals surface area contributed by atoms with Crippen molar-refractivity contribution in [3.63, 3.8) is 0 Å². The summed E-state index contributed by atoms with van der Waals surface area (Å²) >= 11 is 0. The van der Waals surface area contributed by atoms with E-state index in [1.165, 1.54) is 0 Å². The van der Waals surface area contributed by atoms with Gasteiger partial charge in [-0.05, 0) is 19.1 Å². The number of carbonyl (C=O) groups excluding carboxylic acids is 1. The Bertz CT molecular complexity index is 521. The number of hydrogen-bond donors (Lipinski definition) is 2. The van der Waals surface area contributed by atoms with E-state index in [4.69, 9.17) is 9.84 Å². The number of pyridine rings is 1. The number of aromatic nitrogens is 1. The number of ether oxygens (including phenoxy) is 1. The first kappa shape index (κ1) is 15.2. The quantitative estimate of drug-likeness (QED) is 0.855. The van der Waals surface area contributed by atoms with Crippen LogP contribution in [0.15, 0.2) is 18.2 Å². The van der Waals surface area contributed by atoms with Crippen LogP contribution in [0.1, 0.15) is 17.8 Å². The Kier molecular flexibility index (Phi) is 5.10. The van der Waals surface area contributed by atoms with Crippen LogP contribution < -0.4 is 5.32 Å². The van der Waals surface area contributed by atoms with Crippen molar-refractivity contribution >= 4 is 12.0 Å². The van der Waals surface area contributed by atoms with Gasteiger partial charge in [0.15, 0.2) is 0 Å². The molecule has 1 fully saturated rings. The number of nitrogens with one attached hydrogen (secondary N) is 1. The maximum atomic E-state index is 12.1. The molecule has 2 amide bonds. The van der Waals surface area contributed by atoms with E-state index in [2.05, 4.69) is 10.3 Å². The Morgan fingerprint density at radius 3 is 3.05 bits per heavy atom. The van der Waals surface area contributed by atoms with Crippen molar-refractivity contribution in [1.82, 2.24) is 15.2 Å². The SMILES string of the molecule is Cc1cccc(CNC(=O)N2CCOC(CC(=O)O)C2)n1. The summed E-state index contributed by atoms with van der Waals surface area (Å²) in [6.07, 6.45) is -0.539. The van der Waals surface area contributed by atoms with Crippen molar-refractivity contribution in [1.29, 1.82) is 0 Å². The van der Waals surface area contributed by atoms with Gasteiger partial charge in [-0.3, -0.25) is 9.78 Å². The summed E-state index contributed by atoms with van der Waals surface area (Å²) < 4.78 is 5.33. The third-order valence-corrected chi connectivity index (χ3v) is 3.20. The average molecular weight is 293 g/mol. The van der Waals surface area contributed by atoms with E-state index in [0.29, 0.717) is 26.2 Å². The molecule has 2 rings (SSSR count). The lowest BCUT2D eigenvalue weighted by Crippen LogP contribution is -2.49. The van der Waals surface area contributed by atoms with Crippen LogP contribution in [0.5, 0.6) is 0 Å². The van der Waals surface area contributed by atoms with Crippen LogP contribution in [0.25, 0.3) is 0 Å². The van der Waals surface area contributed by atoms with Gasteiger partial charge >= 0.3 is 12.0 Å². The number of morpholine rings is 1. The van der Waals surface area contributed by atoms with Gasteiger partial charge in [0.05, 0.1) is 31.4 Å². The number of aliphatic carboxylic acids is 1. The van der Waals surface area contributed by atoms with Crippen LogP contribution in [0, 0.1) is 6.92 Å². The van der Waals surface area contributed by atoms with Gasteiger partial charge in [-0.15, -0.1) is 0 Å². The highest BCUT2D eigenvalue weighted by molar-refractivity contribution is 5.74. The number of carboxylic acids is 1. The number of nitrogens with zero attached hydrogens (tertiary/aromatic N) is 2. The fourth-order valence-electron chi connectivity index (χ4n) is 2.20. The molecule has 0 bridgehead atoms. The number of carbonyl (C=O) groups is 2. The monoisotopic (exact) mass is 293 g/mol. The standard InChI is InChI=1S/C14H19N3O4/c1-10-3-2-4-11(16-10)8-15-14(20)17-5-6-21-12(9-17)7-13(18)19/h2-4,12H,5-9H2,1H3,(H,15,20)(H,18,19). The maximum Gasteiger partial charge on any atom is 0.317 e. The molecule has 0 aromatic carbocycles. The van der Waals surface area contributed by atoms with E-state index in [1.807, 2.05) is 25.1 Å². The zero-order valence-corrected chi connectivity index (χ0v) is 11.9.